The second-order valence-electron chi connectivity index (χ2n) is 4.68. The van der Waals surface area contributed by atoms with Crippen LogP contribution in [0.15, 0.2) is 0 Å². The van der Waals surface area contributed by atoms with E-state index in [4.69, 9.17) is 4.74 Å². The molecule has 1 aliphatic heterocycles. The number of piperidine rings is 1. The average Bonchev–Trinajstić information content (AvgIpc) is 2.08. The van der Waals surface area contributed by atoms with Crippen LogP contribution in [0.2, 0.25) is 0 Å². The minimum Gasteiger partial charge on any atom is -0.381 e. The van der Waals surface area contributed by atoms with Gasteiger partial charge in [-0.25, -0.2) is 0 Å². The van der Waals surface area contributed by atoms with E-state index in [-0.39, 0.29) is 0 Å². The van der Waals surface area contributed by atoms with Gasteiger partial charge in [0.1, 0.15) is 0 Å². The topological polar surface area (TPSA) is 12.5 Å². The first-order valence-electron chi connectivity index (χ1n) is 5.44. The quantitative estimate of drug-likeness (QED) is 0.664. The Balaban J connectivity index is 2.02. The fraction of sp³-hybridized carbons (Fsp3) is 1.00. The molecule has 0 atom stereocenters. The second kappa shape index (κ2) is 5.61. The molecule has 1 heterocycles. The van der Waals surface area contributed by atoms with Crippen LogP contribution in [-0.2, 0) is 4.74 Å². The summed E-state index contributed by atoms with van der Waals surface area (Å²) >= 11 is 0. The van der Waals surface area contributed by atoms with Gasteiger partial charge in [-0.2, -0.15) is 0 Å². The Labute approximate surface area is 82.3 Å². The highest BCUT2D eigenvalue weighted by Gasteiger charge is 2.16. The molecule has 1 rings (SSSR count). The van der Waals surface area contributed by atoms with Crippen LogP contribution in [0.4, 0.5) is 0 Å². The summed E-state index contributed by atoms with van der Waals surface area (Å²) in [5, 5.41) is 0. The maximum Gasteiger partial charge on any atom is 0.0495 e. The lowest BCUT2D eigenvalue weighted by Gasteiger charge is -2.28. The smallest absolute Gasteiger partial charge is 0.0495 e. The van der Waals surface area contributed by atoms with Crippen molar-refractivity contribution in [3.8, 4) is 0 Å². The molecule has 0 N–H and O–H groups in total. The number of nitrogens with zero attached hydrogens (tertiary/aromatic N) is 1. The van der Waals surface area contributed by atoms with Crippen LogP contribution in [0.3, 0.4) is 0 Å². The van der Waals surface area contributed by atoms with Crippen molar-refractivity contribution in [1.29, 1.82) is 0 Å². The fourth-order valence-corrected chi connectivity index (χ4v) is 1.70. The monoisotopic (exact) mass is 185 g/mol. The summed E-state index contributed by atoms with van der Waals surface area (Å²) < 4.78 is 5.65. The van der Waals surface area contributed by atoms with Crippen molar-refractivity contribution in [2.45, 2.75) is 26.7 Å². The van der Waals surface area contributed by atoms with Crippen LogP contribution in [-0.4, -0.2) is 38.3 Å². The van der Waals surface area contributed by atoms with Crippen LogP contribution in [0.25, 0.3) is 0 Å². The summed E-state index contributed by atoms with van der Waals surface area (Å²) in [4.78, 5) is 2.40. The van der Waals surface area contributed by atoms with Gasteiger partial charge in [0.05, 0.1) is 0 Å². The molecule has 0 bridgehead atoms. The van der Waals surface area contributed by atoms with Gasteiger partial charge in [0, 0.05) is 13.2 Å². The molecule has 2 nitrogen and oxygen atoms in total. The molecule has 0 amide bonds. The molecule has 0 aromatic rings. The molecular formula is C11H23NO. The minimum absolute atomic E-state index is 0.672. The molecule has 78 valence electrons. The number of hydrogen-bond donors (Lipinski definition) is 0. The number of ether oxygens (including phenoxy) is 1. The Kier molecular flexibility index (Phi) is 4.74. The Morgan fingerprint density at radius 2 is 1.92 bits per heavy atom. The zero-order valence-electron chi connectivity index (χ0n) is 9.25. The van der Waals surface area contributed by atoms with Gasteiger partial charge in [-0.3, -0.25) is 0 Å². The van der Waals surface area contributed by atoms with Crippen LogP contribution in [0.1, 0.15) is 26.7 Å². The third-order valence-corrected chi connectivity index (χ3v) is 2.64. The second-order valence-corrected chi connectivity index (χ2v) is 4.68. The van der Waals surface area contributed by atoms with E-state index >= 15 is 0 Å². The summed E-state index contributed by atoms with van der Waals surface area (Å²) in [6, 6.07) is 0. The van der Waals surface area contributed by atoms with E-state index in [1.54, 1.807) is 0 Å². The van der Waals surface area contributed by atoms with E-state index < -0.39 is 0 Å². The summed E-state index contributed by atoms with van der Waals surface area (Å²) in [5.41, 5.74) is 0. The highest BCUT2D eigenvalue weighted by Crippen LogP contribution is 2.16. The molecule has 0 radical (unpaired) electrons. The lowest BCUT2D eigenvalue weighted by atomic mass is 9.98. The Hall–Kier alpha value is -0.0800. The SMILES string of the molecule is CC(C)COCC1CCN(C)CC1. The van der Waals surface area contributed by atoms with Gasteiger partial charge in [-0.1, -0.05) is 13.8 Å². The highest BCUT2D eigenvalue weighted by molar-refractivity contribution is 4.69. The van der Waals surface area contributed by atoms with E-state index in [0.717, 1.165) is 19.1 Å². The van der Waals surface area contributed by atoms with Crippen molar-refractivity contribution in [2.24, 2.45) is 11.8 Å². The zero-order chi connectivity index (χ0) is 9.68. The van der Waals surface area contributed by atoms with Crippen molar-refractivity contribution in [1.82, 2.24) is 4.90 Å². The van der Waals surface area contributed by atoms with Crippen molar-refractivity contribution in [3.05, 3.63) is 0 Å². The molecule has 0 aliphatic carbocycles. The van der Waals surface area contributed by atoms with Crippen LogP contribution < -0.4 is 0 Å². The zero-order valence-corrected chi connectivity index (χ0v) is 9.25. The van der Waals surface area contributed by atoms with Crippen molar-refractivity contribution in [2.75, 3.05) is 33.4 Å². The predicted octanol–water partition coefficient (Wildman–Crippen LogP) is 2.00. The molecule has 2 heteroatoms. The predicted molar refractivity (Wildman–Crippen MR) is 55.9 cm³/mol. The first kappa shape index (κ1) is 11.0. The third kappa shape index (κ3) is 4.63. The maximum atomic E-state index is 5.65. The van der Waals surface area contributed by atoms with Gasteiger partial charge < -0.3 is 9.64 Å². The summed E-state index contributed by atoms with van der Waals surface area (Å²) in [6.07, 6.45) is 2.63. The minimum atomic E-state index is 0.672. The average molecular weight is 185 g/mol. The summed E-state index contributed by atoms with van der Waals surface area (Å²) in [7, 11) is 2.20. The van der Waals surface area contributed by atoms with Crippen molar-refractivity contribution >= 4 is 0 Å². The van der Waals surface area contributed by atoms with Crippen molar-refractivity contribution < 1.29 is 4.74 Å². The van der Waals surface area contributed by atoms with Gasteiger partial charge in [-0.05, 0) is 44.8 Å². The summed E-state index contributed by atoms with van der Waals surface area (Å²) in [6.45, 7) is 8.80. The number of rotatable bonds is 4. The lowest BCUT2D eigenvalue weighted by Crippen LogP contribution is -2.32. The molecule has 0 unspecified atom stereocenters. The van der Waals surface area contributed by atoms with Gasteiger partial charge in [0.2, 0.25) is 0 Å². The lowest BCUT2D eigenvalue weighted by molar-refractivity contribution is 0.0574. The van der Waals surface area contributed by atoms with Crippen LogP contribution in [0, 0.1) is 11.8 Å². The number of hydrogen-bond acceptors (Lipinski definition) is 2. The first-order valence-corrected chi connectivity index (χ1v) is 5.44. The molecule has 1 saturated heterocycles. The van der Waals surface area contributed by atoms with Crippen molar-refractivity contribution in [3.63, 3.8) is 0 Å². The van der Waals surface area contributed by atoms with Gasteiger partial charge in [-0.15, -0.1) is 0 Å². The van der Waals surface area contributed by atoms with Gasteiger partial charge >= 0.3 is 0 Å². The van der Waals surface area contributed by atoms with Crippen LogP contribution in [0.5, 0.6) is 0 Å². The molecule has 0 saturated carbocycles. The largest absolute Gasteiger partial charge is 0.381 e. The molecule has 1 aliphatic rings. The van der Waals surface area contributed by atoms with E-state index in [1.165, 1.54) is 25.9 Å². The van der Waals surface area contributed by atoms with Gasteiger partial charge in [0.25, 0.3) is 0 Å². The molecule has 0 aromatic carbocycles. The molecule has 0 spiro atoms. The van der Waals surface area contributed by atoms with Gasteiger partial charge in [0.15, 0.2) is 0 Å². The Bertz CT molecular complexity index is 128. The van der Waals surface area contributed by atoms with E-state index in [9.17, 15) is 0 Å². The van der Waals surface area contributed by atoms with E-state index in [0.29, 0.717) is 5.92 Å². The fourth-order valence-electron chi connectivity index (χ4n) is 1.70. The first-order chi connectivity index (χ1) is 6.18. The molecular weight excluding hydrogens is 162 g/mol. The molecule has 13 heavy (non-hydrogen) atoms. The highest BCUT2D eigenvalue weighted by atomic mass is 16.5. The summed E-state index contributed by atoms with van der Waals surface area (Å²) in [5.74, 6) is 1.49. The Morgan fingerprint density at radius 3 is 2.46 bits per heavy atom. The van der Waals surface area contributed by atoms with E-state index in [2.05, 4.69) is 25.8 Å². The number of likely N-dealkylation sites (tertiary alicyclic amines) is 1. The molecule has 0 aromatic heterocycles. The molecule has 1 fully saturated rings. The normalized spacial score (nSPS) is 21.2. The Morgan fingerprint density at radius 1 is 1.31 bits per heavy atom. The van der Waals surface area contributed by atoms with Crippen LogP contribution >= 0.6 is 0 Å². The van der Waals surface area contributed by atoms with E-state index in [1.807, 2.05) is 0 Å². The standard InChI is InChI=1S/C11H23NO/c1-10(2)8-13-9-11-4-6-12(3)7-5-11/h10-11H,4-9H2,1-3H3. The third-order valence-electron chi connectivity index (χ3n) is 2.64. The maximum absolute atomic E-state index is 5.65.